The molecule has 0 radical (unpaired) electrons. The summed E-state index contributed by atoms with van der Waals surface area (Å²) in [6.07, 6.45) is 4.52. The average Bonchev–Trinajstić information content (AvgIpc) is 3.03. The van der Waals surface area contributed by atoms with Crippen LogP contribution >= 0.6 is 0 Å². The van der Waals surface area contributed by atoms with Gasteiger partial charge in [-0.3, -0.25) is 14.3 Å². The molecule has 2 rings (SSSR count). The van der Waals surface area contributed by atoms with Crippen LogP contribution in [0.15, 0.2) is 36.5 Å². The van der Waals surface area contributed by atoms with Crippen molar-refractivity contribution in [2.45, 2.75) is 65.0 Å². The fourth-order valence-corrected chi connectivity index (χ4v) is 3.33. The minimum absolute atomic E-state index is 0.0176. The summed E-state index contributed by atoms with van der Waals surface area (Å²) in [5, 5.41) is 16.4. The van der Waals surface area contributed by atoms with Crippen LogP contribution in [0.2, 0.25) is 0 Å². The lowest BCUT2D eigenvalue weighted by Crippen LogP contribution is -2.37. The zero-order valence-corrected chi connectivity index (χ0v) is 16.3. The van der Waals surface area contributed by atoms with Crippen LogP contribution in [0, 0.1) is 6.92 Å². The zero-order valence-electron chi connectivity index (χ0n) is 16.3. The van der Waals surface area contributed by atoms with Gasteiger partial charge in [0.1, 0.15) is 0 Å². The molecule has 0 fully saturated rings. The maximum Gasteiger partial charge on any atom is 0.303 e. The van der Waals surface area contributed by atoms with E-state index in [0.29, 0.717) is 18.4 Å². The fraction of sp³-hybridized carbons (Fsp3) is 0.476. The van der Waals surface area contributed by atoms with Crippen molar-refractivity contribution < 1.29 is 14.7 Å². The highest BCUT2D eigenvalue weighted by molar-refractivity contribution is 5.95. The number of aliphatic carboxylic acids is 1. The average molecular weight is 371 g/mol. The Morgan fingerprint density at radius 3 is 2.44 bits per heavy atom. The molecule has 1 amide bonds. The highest BCUT2D eigenvalue weighted by atomic mass is 16.4. The molecule has 1 unspecified atom stereocenters. The van der Waals surface area contributed by atoms with Crippen molar-refractivity contribution in [2.75, 3.05) is 0 Å². The summed E-state index contributed by atoms with van der Waals surface area (Å²) in [7, 11) is 0. The molecule has 2 aromatic rings. The quantitative estimate of drug-likeness (QED) is 0.666. The predicted octanol–water partition coefficient (Wildman–Crippen LogP) is 3.76. The molecule has 1 atom stereocenters. The minimum Gasteiger partial charge on any atom is -0.481 e. The van der Waals surface area contributed by atoms with Crippen molar-refractivity contribution in [2.24, 2.45) is 0 Å². The number of aromatic nitrogens is 2. The molecule has 0 aliphatic carbocycles. The number of nitrogens with one attached hydrogen (secondary N) is 1. The van der Waals surface area contributed by atoms with Crippen molar-refractivity contribution in [1.82, 2.24) is 15.1 Å². The molecule has 1 aromatic heterocycles. The molecular formula is C21H29N3O3. The molecule has 2 N–H and O–H groups in total. The Morgan fingerprint density at radius 2 is 1.85 bits per heavy atom. The lowest BCUT2D eigenvalue weighted by molar-refractivity contribution is -0.137. The molecule has 0 aliphatic heterocycles. The predicted molar refractivity (Wildman–Crippen MR) is 105 cm³/mol. The first-order valence-electron chi connectivity index (χ1n) is 9.56. The number of nitrogens with zero attached hydrogens (tertiary/aromatic N) is 2. The van der Waals surface area contributed by atoms with Gasteiger partial charge in [-0.15, -0.1) is 0 Å². The zero-order chi connectivity index (χ0) is 19.8. The number of amides is 1. The molecule has 0 spiro atoms. The molecule has 146 valence electrons. The molecule has 6 heteroatoms. The van der Waals surface area contributed by atoms with Gasteiger partial charge < -0.3 is 10.4 Å². The number of carboxylic acid groups (broad SMARTS) is 1. The van der Waals surface area contributed by atoms with E-state index < -0.39 is 5.97 Å². The van der Waals surface area contributed by atoms with Gasteiger partial charge in [-0.1, -0.05) is 44.2 Å². The van der Waals surface area contributed by atoms with Crippen molar-refractivity contribution in [3.8, 4) is 0 Å². The second kappa shape index (κ2) is 9.90. The van der Waals surface area contributed by atoms with E-state index in [4.69, 9.17) is 5.11 Å². The first-order chi connectivity index (χ1) is 13.0. The normalized spacial score (nSPS) is 12.1. The first kappa shape index (κ1) is 20.7. The van der Waals surface area contributed by atoms with Crippen LogP contribution in [-0.2, 0) is 11.2 Å². The molecule has 6 nitrogen and oxygen atoms in total. The van der Waals surface area contributed by atoms with E-state index in [-0.39, 0.29) is 24.4 Å². The van der Waals surface area contributed by atoms with E-state index >= 15 is 0 Å². The van der Waals surface area contributed by atoms with E-state index in [9.17, 15) is 9.59 Å². The van der Waals surface area contributed by atoms with Crippen LogP contribution < -0.4 is 5.32 Å². The Kier molecular flexibility index (Phi) is 7.58. The Morgan fingerprint density at radius 1 is 1.19 bits per heavy atom. The van der Waals surface area contributed by atoms with E-state index in [2.05, 4.69) is 24.3 Å². The van der Waals surface area contributed by atoms with E-state index in [1.54, 1.807) is 6.20 Å². The smallest absolute Gasteiger partial charge is 0.303 e. The maximum absolute atomic E-state index is 12.8. The van der Waals surface area contributed by atoms with Crippen molar-refractivity contribution in [3.63, 3.8) is 0 Å². The molecule has 0 bridgehead atoms. The van der Waals surface area contributed by atoms with Gasteiger partial charge in [-0.2, -0.15) is 5.10 Å². The van der Waals surface area contributed by atoms with Crippen LogP contribution in [0.1, 0.15) is 67.2 Å². The lowest BCUT2D eigenvalue weighted by atomic mass is 10.0. The fourth-order valence-electron chi connectivity index (χ4n) is 3.33. The van der Waals surface area contributed by atoms with E-state index in [0.717, 1.165) is 24.1 Å². The van der Waals surface area contributed by atoms with Crippen molar-refractivity contribution in [1.29, 1.82) is 0 Å². The lowest BCUT2D eigenvalue weighted by Gasteiger charge is -2.19. The van der Waals surface area contributed by atoms with Crippen LogP contribution in [0.25, 0.3) is 0 Å². The van der Waals surface area contributed by atoms with Crippen molar-refractivity contribution in [3.05, 3.63) is 53.3 Å². The third-order valence-electron chi connectivity index (χ3n) is 4.94. The van der Waals surface area contributed by atoms with Gasteiger partial charge >= 0.3 is 5.97 Å². The molecule has 1 heterocycles. The van der Waals surface area contributed by atoms with Gasteiger partial charge in [0.05, 0.1) is 17.8 Å². The van der Waals surface area contributed by atoms with E-state index in [1.807, 2.05) is 41.9 Å². The highest BCUT2D eigenvalue weighted by Gasteiger charge is 2.21. The van der Waals surface area contributed by atoms with Crippen LogP contribution in [0.3, 0.4) is 0 Å². The molecule has 0 saturated carbocycles. The molecular weight excluding hydrogens is 342 g/mol. The largest absolute Gasteiger partial charge is 0.481 e. The number of carboxylic acids is 1. The number of hydrogen-bond donors (Lipinski definition) is 2. The SMILES string of the molecule is CCC(CC)n1ncc(C(=O)NC(CCC(=O)O)Cc2ccccc2)c1C. The molecule has 0 saturated heterocycles. The summed E-state index contributed by atoms with van der Waals surface area (Å²) in [6.45, 7) is 6.12. The molecule has 1 aromatic carbocycles. The number of benzene rings is 1. The minimum atomic E-state index is -0.861. The number of carbonyl (C=O) groups is 2. The highest BCUT2D eigenvalue weighted by Crippen LogP contribution is 2.19. The third kappa shape index (κ3) is 5.67. The number of hydrogen-bond acceptors (Lipinski definition) is 3. The second-order valence-corrected chi connectivity index (χ2v) is 6.85. The van der Waals surface area contributed by atoms with Gasteiger partial charge in [-0.05, 0) is 38.2 Å². The Balaban J connectivity index is 2.13. The van der Waals surface area contributed by atoms with Crippen LogP contribution in [0.4, 0.5) is 0 Å². The van der Waals surface area contributed by atoms with Crippen molar-refractivity contribution >= 4 is 11.9 Å². The Bertz CT molecular complexity index is 751. The van der Waals surface area contributed by atoms with Gasteiger partial charge in [0.15, 0.2) is 0 Å². The van der Waals surface area contributed by atoms with Gasteiger partial charge in [0.25, 0.3) is 5.91 Å². The summed E-state index contributed by atoms with van der Waals surface area (Å²) < 4.78 is 1.92. The summed E-state index contributed by atoms with van der Waals surface area (Å²) in [4.78, 5) is 23.8. The summed E-state index contributed by atoms with van der Waals surface area (Å²) >= 11 is 0. The van der Waals surface area contributed by atoms with Gasteiger partial charge in [-0.25, -0.2) is 0 Å². The molecule has 27 heavy (non-hydrogen) atoms. The monoisotopic (exact) mass is 371 g/mol. The summed E-state index contributed by atoms with van der Waals surface area (Å²) in [5.74, 6) is -1.06. The number of rotatable bonds is 10. The maximum atomic E-state index is 12.8. The topological polar surface area (TPSA) is 84.2 Å². The third-order valence-corrected chi connectivity index (χ3v) is 4.94. The Hall–Kier alpha value is -2.63. The van der Waals surface area contributed by atoms with Gasteiger partial charge in [0, 0.05) is 18.2 Å². The second-order valence-electron chi connectivity index (χ2n) is 6.85. The molecule has 0 aliphatic rings. The number of carbonyl (C=O) groups excluding carboxylic acids is 1. The van der Waals surface area contributed by atoms with Gasteiger partial charge in [0.2, 0.25) is 0 Å². The standard InChI is InChI=1S/C21H29N3O3/c1-4-18(5-2)24-15(3)19(14-22-24)21(27)23-17(11-12-20(25)26)13-16-9-7-6-8-10-16/h6-10,14,17-18H,4-5,11-13H2,1-3H3,(H,23,27)(H,25,26). The summed E-state index contributed by atoms with van der Waals surface area (Å²) in [5.41, 5.74) is 2.46. The first-order valence-corrected chi connectivity index (χ1v) is 9.56. The Labute approximate surface area is 160 Å². The van der Waals surface area contributed by atoms with Crippen LogP contribution in [-0.4, -0.2) is 32.8 Å². The van der Waals surface area contributed by atoms with Crippen LogP contribution in [0.5, 0.6) is 0 Å². The summed E-state index contributed by atoms with van der Waals surface area (Å²) in [6, 6.07) is 9.81. The van der Waals surface area contributed by atoms with E-state index in [1.165, 1.54) is 0 Å².